The number of benzene rings is 1. The average molecular weight is 242 g/mol. The lowest BCUT2D eigenvalue weighted by Gasteiger charge is -1.98. The molecule has 1 aromatic carbocycles. The minimum atomic E-state index is -0.639. The van der Waals surface area contributed by atoms with Gasteiger partial charge in [0.2, 0.25) is 0 Å². The monoisotopic (exact) mass is 241 g/mol. The molecular formula is C11H15Cl2Mg. The van der Waals surface area contributed by atoms with Crippen molar-refractivity contribution >= 4 is 36.3 Å². The summed E-state index contributed by atoms with van der Waals surface area (Å²) in [4.78, 5) is 0. The highest BCUT2D eigenvalue weighted by Gasteiger charge is 1.90. The molecule has 14 heavy (non-hydrogen) atoms. The summed E-state index contributed by atoms with van der Waals surface area (Å²) >= 11 is -0.639. The van der Waals surface area contributed by atoms with E-state index < -0.39 is 18.2 Å². The highest BCUT2D eigenvalue weighted by molar-refractivity contribution is 7.22. The molecule has 0 nitrogen and oxygen atoms in total. The zero-order chi connectivity index (χ0) is 10.8. The Morgan fingerprint density at radius 2 is 1.71 bits per heavy atom. The van der Waals surface area contributed by atoms with Gasteiger partial charge in [-0.15, -0.1) is 0 Å². The second kappa shape index (κ2) is 10.1. The Kier molecular flexibility index (Phi) is 10.5. The zero-order valence-corrected chi connectivity index (χ0v) is 11.5. The molecule has 0 heterocycles. The molecule has 1 rings (SSSR count). The fourth-order valence-corrected chi connectivity index (χ4v) is 1.09. The van der Waals surface area contributed by atoms with Gasteiger partial charge in [0.1, 0.15) is 0 Å². The van der Waals surface area contributed by atoms with Gasteiger partial charge in [-0.3, -0.25) is 0 Å². The van der Waals surface area contributed by atoms with Crippen LogP contribution in [0.2, 0.25) is 0 Å². The first kappa shape index (κ1) is 14.6. The van der Waals surface area contributed by atoms with Crippen molar-refractivity contribution < 1.29 is 0 Å². The molecule has 3 heteroatoms. The largest absolute Gasteiger partial charge is 0.618 e. The van der Waals surface area contributed by atoms with Gasteiger partial charge in [0.25, 0.3) is 0 Å². The van der Waals surface area contributed by atoms with E-state index in [1.807, 2.05) is 0 Å². The maximum Gasteiger partial charge on any atom is 0.618 e. The highest BCUT2D eigenvalue weighted by Crippen LogP contribution is 2.06. The molecule has 0 spiro atoms. The summed E-state index contributed by atoms with van der Waals surface area (Å²) in [6.07, 6.45) is 3.76. The Hall–Kier alpha value is 0.566. The van der Waals surface area contributed by atoms with Crippen molar-refractivity contribution in [3.63, 3.8) is 0 Å². The highest BCUT2D eigenvalue weighted by atomic mass is 35.6. The Morgan fingerprint density at radius 3 is 2.14 bits per heavy atom. The van der Waals surface area contributed by atoms with Gasteiger partial charge in [-0.2, -0.15) is 0 Å². The van der Waals surface area contributed by atoms with Crippen LogP contribution >= 0.6 is 18.1 Å². The number of rotatable bonds is 3. The maximum absolute atomic E-state index is 4.90. The first-order valence-electron chi connectivity index (χ1n) is 4.77. The molecule has 0 fully saturated rings. The van der Waals surface area contributed by atoms with Crippen LogP contribution in [0.15, 0.2) is 24.3 Å². The molecule has 0 aliphatic carbocycles. The van der Waals surface area contributed by atoms with Crippen LogP contribution in [0.3, 0.4) is 0 Å². The lowest BCUT2D eigenvalue weighted by Crippen LogP contribution is -1.83. The molecule has 0 aliphatic heterocycles. The smallest absolute Gasteiger partial charge is 0.309 e. The molecule has 75 valence electrons. The minimum Gasteiger partial charge on any atom is -0.309 e. The quantitative estimate of drug-likeness (QED) is 0.697. The average Bonchev–Trinajstić information content (AvgIpc) is 2.18. The Balaban J connectivity index is 0.000000500. The second-order valence-corrected chi connectivity index (χ2v) is 5.65. The number of aryl methyl sites for hydroxylation is 1. The molecule has 0 bridgehead atoms. The van der Waals surface area contributed by atoms with E-state index in [1.165, 1.54) is 24.8 Å². The van der Waals surface area contributed by atoms with E-state index in [1.54, 1.807) is 0 Å². The summed E-state index contributed by atoms with van der Waals surface area (Å²) in [5, 5.41) is 0. The van der Waals surface area contributed by atoms with Gasteiger partial charge < -0.3 is 18.1 Å². The molecule has 0 unspecified atom stereocenters. The Labute approximate surface area is 104 Å². The molecule has 1 aromatic rings. The molecular weight excluding hydrogens is 227 g/mol. The van der Waals surface area contributed by atoms with E-state index in [0.29, 0.717) is 0 Å². The number of hydrogen-bond donors (Lipinski definition) is 0. The van der Waals surface area contributed by atoms with Gasteiger partial charge in [0.15, 0.2) is 0 Å². The molecule has 0 atom stereocenters. The van der Waals surface area contributed by atoms with Crippen molar-refractivity contribution in [2.45, 2.75) is 26.2 Å². The molecule has 0 N–H and O–H groups in total. The molecule has 0 saturated heterocycles. The van der Waals surface area contributed by atoms with Crippen molar-refractivity contribution in [3.8, 4) is 0 Å². The fourth-order valence-electron chi connectivity index (χ4n) is 1.09. The standard InChI is InChI=1S/C11H15.2ClH.Mg/c1-3-4-5-11-8-6-10(2)7-9-11;;;/h6-9H,2-5H2,1H3;2*1H;/q;;;+2/p-2. The summed E-state index contributed by atoms with van der Waals surface area (Å²) in [6, 6.07) is 8.48. The molecule has 0 aromatic heterocycles. The lowest BCUT2D eigenvalue weighted by atomic mass is 10.1. The van der Waals surface area contributed by atoms with Gasteiger partial charge in [0, 0.05) is 0 Å². The van der Waals surface area contributed by atoms with Crippen molar-refractivity contribution in [1.82, 2.24) is 0 Å². The lowest BCUT2D eigenvalue weighted by molar-refractivity contribution is 0.795. The van der Waals surface area contributed by atoms with Crippen LogP contribution < -0.4 is 0 Å². The van der Waals surface area contributed by atoms with Gasteiger partial charge in [-0.25, -0.2) is 0 Å². The van der Waals surface area contributed by atoms with E-state index in [-0.39, 0.29) is 0 Å². The van der Waals surface area contributed by atoms with Crippen LogP contribution in [0.25, 0.3) is 0 Å². The van der Waals surface area contributed by atoms with Crippen LogP contribution in [0.5, 0.6) is 0 Å². The van der Waals surface area contributed by atoms with E-state index in [4.69, 9.17) is 18.1 Å². The van der Waals surface area contributed by atoms with Crippen LogP contribution in [0.4, 0.5) is 0 Å². The van der Waals surface area contributed by atoms with Gasteiger partial charge in [-0.1, -0.05) is 37.6 Å². The summed E-state index contributed by atoms with van der Waals surface area (Å²) in [7, 11) is 9.81. The van der Waals surface area contributed by atoms with E-state index in [2.05, 4.69) is 38.1 Å². The summed E-state index contributed by atoms with van der Waals surface area (Å²) < 4.78 is 0. The third kappa shape index (κ3) is 7.92. The third-order valence-electron chi connectivity index (χ3n) is 1.84. The molecule has 0 amide bonds. The Morgan fingerprint density at radius 1 is 1.21 bits per heavy atom. The zero-order valence-electron chi connectivity index (χ0n) is 8.60. The Bertz CT molecular complexity index is 221. The normalized spacial score (nSPS) is 8.57. The SMILES string of the molecule is [CH2]c1ccc(CCCC)cc1.[Cl][Mg][Cl]. The van der Waals surface area contributed by atoms with E-state index in [0.717, 1.165) is 5.56 Å². The van der Waals surface area contributed by atoms with Gasteiger partial charge in [0.05, 0.1) is 0 Å². The first-order chi connectivity index (χ1) is 6.74. The van der Waals surface area contributed by atoms with Crippen molar-refractivity contribution in [2.75, 3.05) is 0 Å². The van der Waals surface area contributed by atoms with E-state index in [9.17, 15) is 0 Å². The van der Waals surface area contributed by atoms with Crippen LogP contribution in [-0.4, -0.2) is 18.2 Å². The predicted octanol–water partition coefficient (Wildman–Crippen LogP) is 4.21. The van der Waals surface area contributed by atoms with Gasteiger partial charge >= 0.3 is 18.2 Å². The van der Waals surface area contributed by atoms with Gasteiger partial charge in [-0.05, 0) is 30.9 Å². The van der Waals surface area contributed by atoms with Crippen molar-refractivity contribution in [1.29, 1.82) is 0 Å². The van der Waals surface area contributed by atoms with Crippen LogP contribution in [0, 0.1) is 6.92 Å². The molecule has 0 aliphatic rings. The number of halogens is 2. The maximum atomic E-state index is 4.90. The predicted molar refractivity (Wildman–Crippen MR) is 67.0 cm³/mol. The van der Waals surface area contributed by atoms with Crippen LogP contribution in [0.1, 0.15) is 30.9 Å². The number of hydrogen-bond acceptors (Lipinski definition) is 0. The van der Waals surface area contributed by atoms with E-state index >= 15 is 0 Å². The summed E-state index contributed by atoms with van der Waals surface area (Å²) in [5.74, 6) is 0. The molecule has 0 saturated carbocycles. The number of unbranched alkanes of at least 4 members (excludes halogenated alkanes) is 1. The van der Waals surface area contributed by atoms with Crippen molar-refractivity contribution in [3.05, 3.63) is 42.3 Å². The summed E-state index contributed by atoms with van der Waals surface area (Å²) in [6.45, 7) is 6.06. The molecule has 1 radical (unpaired) electrons. The fraction of sp³-hybridized carbons (Fsp3) is 0.364. The van der Waals surface area contributed by atoms with Crippen LogP contribution in [-0.2, 0) is 6.42 Å². The summed E-state index contributed by atoms with van der Waals surface area (Å²) in [5.41, 5.74) is 2.53. The first-order valence-corrected chi connectivity index (χ1v) is 9.05. The topological polar surface area (TPSA) is 0 Å². The minimum absolute atomic E-state index is 0.639. The third-order valence-corrected chi connectivity index (χ3v) is 1.84. The van der Waals surface area contributed by atoms with Crippen molar-refractivity contribution in [2.24, 2.45) is 0 Å². The second-order valence-electron chi connectivity index (χ2n) is 3.02.